The Labute approximate surface area is 92.0 Å². The van der Waals surface area contributed by atoms with Crippen LogP contribution in [-0.4, -0.2) is 32.2 Å². The van der Waals surface area contributed by atoms with E-state index in [4.69, 9.17) is 4.74 Å². The molecule has 1 unspecified atom stereocenters. The Balaban J connectivity index is 2.30. The molecule has 0 bridgehead atoms. The largest absolute Gasteiger partial charge is 0.481 e. The molecule has 2 rings (SSSR count). The quantitative estimate of drug-likeness (QED) is 0.800. The Morgan fingerprint density at radius 1 is 1.19 bits per heavy atom. The lowest BCUT2D eigenvalue weighted by atomic mass is 10.1. The van der Waals surface area contributed by atoms with E-state index in [1.165, 1.54) is 32.2 Å². The van der Waals surface area contributed by atoms with Gasteiger partial charge in [0, 0.05) is 24.0 Å². The highest BCUT2D eigenvalue weighted by Gasteiger charge is 2.13. The SMILES string of the molecule is COc1cc(C(O)c2cncnc2)ncn1. The Morgan fingerprint density at radius 2 is 1.94 bits per heavy atom. The zero-order valence-electron chi connectivity index (χ0n) is 8.61. The molecular formula is C10H10N4O2. The van der Waals surface area contributed by atoms with Crippen LogP contribution in [-0.2, 0) is 0 Å². The summed E-state index contributed by atoms with van der Waals surface area (Å²) in [5.41, 5.74) is 1.02. The van der Waals surface area contributed by atoms with E-state index in [1.54, 1.807) is 6.07 Å². The fourth-order valence-corrected chi connectivity index (χ4v) is 1.24. The van der Waals surface area contributed by atoms with Crippen LogP contribution in [0.5, 0.6) is 5.88 Å². The highest BCUT2D eigenvalue weighted by Crippen LogP contribution is 2.20. The third kappa shape index (κ3) is 2.12. The van der Waals surface area contributed by atoms with Crippen LogP contribution in [0, 0.1) is 0 Å². The van der Waals surface area contributed by atoms with Crippen LogP contribution in [0.3, 0.4) is 0 Å². The van der Waals surface area contributed by atoms with Crippen LogP contribution in [0.15, 0.2) is 31.1 Å². The Bertz CT molecular complexity index is 463. The average molecular weight is 218 g/mol. The molecule has 1 N–H and O–H groups in total. The summed E-state index contributed by atoms with van der Waals surface area (Å²) >= 11 is 0. The molecule has 0 aliphatic rings. The van der Waals surface area contributed by atoms with Crippen molar-refractivity contribution >= 4 is 0 Å². The number of methoxy groups -OCH3 is 1. The molecular weight excluding hydrogens is 208 g/mol. The van der Waals surface area contributed by atoms with Gasteiger partial charge in [-0.2, -0.15) is 0 Å². The predicted molar refractivity (Wildman–Crippen MR) is 54.7 cm³/mol. The first kappa shape index (κ1) is 10.4. The lowest BCUT2D eigenvalue weighted by Crippen LogP contribution is -2.04. The Morgan fingerprint density at radius 3 is 2.62 bits per heavy atom. The highest BCUT2D eigenvalue weighted by molar-refractivity contribution is 5.23. The van der Waals surface area contributed by atoms with Gasteiger partial charge in [0.25, 0.3) is 0 Å². The lowest BCUT2D eigenvalue weighted by Gasteiger charge is -2.09. The summed E-state index contributed by atoms with van der Waals surface area (Å²) in [7, 11) is 1.50. The summed E-state index contributed by atoms with van der Waals surface area (Å²) in [5.74, 6) is 0.404. The van der Waals surface area contributed by atoms with Crippen molar-refractivity contribution in [3.63, 3.8) is 0 Å². The minimum Gasteiger partial charge on any atom is -0.481 e. The fraction of sp³-hybridized carbons (Fsp3) is 0.200. The van der Waals surface area contributed by atoms with Gasteiger partial charge >= 0.3 is 0 Å². The highest BCUT2D eigenvalue weighted by atomic mass is 16.5. The second kappa shape index (κ2) is 4.63. The molecule has 1 atom stereocenters. The van der Waals surface area contributed by atoms with Crippen LogP contribution in [0.2, 0.25) is 0 Å². The van der Waals surface area contributed by atoms with E-state index in [1.807, 2.05) is 0 Å². The molecule has 0 saturated carbocycles. The van der Waals surface area contributed by atoms with Crippen LogP contribution >= 0.6 is 0 Å². The molecule has 0 aliphatic heterocycles. The smallest absolute Gasteiger partial charge is 0.216 e. The van der Waals surface area contributed by atoms with E-state index in [9.17, 15) is 5.11 Å². The van der Waals surface area contributed by atoms with Crippen molar-refractivity contribution in [2.45, 2.75) is 6.10 Å². The number of aliphatic hydroxyl groups is 1. The second-order valence-electron chi connectivity index (χ2n) is 3.06. The molecule has 6 heteroatoms. The van der Waals surface area contributed by atoms with Crippen molar-refractivity contribution in [2.24, 2.45) is 0 Å². The monoisotopic (exact) mass is 218 g/mol. The van der Waals surface area contributed by atoms with Crippen molar-refractivity contribution in [1.82, 2.24) is 19.9 Å². The number of aliphatic hydroxyl groups excluding tert-OH is 1. The lowest BCUT2D eigenvalue weighted by molar-refractivity contribution is 0.213. The van der Waals surface area contributed by atoms with Crippen molar-refractivity contribution in [1.29, 1.82) is 0 Å². The Kier molecular flexibility index (Phi) is 3.02. The van der Waals surface area contributed by atoms with Gasteiger partial charge in [0.15, 0.2) is 0 Å². The van der Waals surface area contributed by atoms with E-state index in [0.717, 1.165) is 0 Å². The summed E-state index contributed by atoms with van der Waals surface area (Å²) in [4.78, 5) is 15.5. The predicted octanol–water partition coefficient (Wildman–Crippen LogP) is 0.357. The Hall–Kier alpha value is -2.08. The third-order valence-corrected chi connectivity index (χ3v) is 2.05. The van der Waals surface area contributed by atoms with Gasteiger partial charge in [0.2, 0.25) is 5.88 Å². The molecule has 2 aromatic rings. The van der Waals surface area contributed by atoms with Gasteiger partial charge in [-0.1, -0.05) is 0 Å². The van der Waals surface area contributed by atoms with Gasteiger partial charge in [0.1, 0.15) is 18.8 Å². The molecule has 6 nitrogen and oxygen atoms in total. The molecule has 0 aromatic carbocycles. The summed E-state index contributed by atoms with van der Waals surface area (Å²) in [6, 6.07) is 1.57. The summed E-state index contributed by atoms with van der Waals surface area (Å²) in [6.07, 6.45) is 4.93. The van der Waals surface area contributed by atoms with Gasteiger partial charge in [-0.15, -0.1) is 0 Å². The van der Waals surface area contributed by atoms with Crippen LogP contribution in [0.25, 0.3) is 0 Å². The molecule has 0 aliphatic carbocycles. The van der Waals surface area contributed by atoms with Gasteiger partial charge < -0.3 is 9.84 Å². The number of nitrogens with zero attached hydrogens (tertiary/aromatic N) is 4. The molecule has 0 saturated heterocycles. The van der Waals surface area contributed by atoms with Gasteiger partial charge in [-0.05, 0) is 0 Å². The number of hydrogen-bond donors (Lipinski definition) is 1. The molecule has 2 heterocycles. The second-order valence-corrected chi connectivity index (χ2v) is 3.06. The molecule has 16 heavy (non-hydrogen) atoms. The van der Waals surface area contributed by atoms with E-state index in [0.29, 0.717) is 17.1 Å². The standard InChI is InChI=1S/C10H10N4O2/c1-16-9-2-8(13-6-14-9)10(15)7-3-11-5-12-4-7/h2-6,10,15H,1H3. The van der Waals surface area contributed by atoms with E-state index < -0.39 is 6.10 Å². The first-order valence-electron chi connectivity index (χ1n) is 4.60. The van der Waals surface area contributed by atoms with Crippen molar-refractivity contribution < 1.29 is 9.84 Å². The van der Waals surface area contributed by atoms with E-state index >= 15 is 0 Å². The first-order valence-corrected chi connectivity index (χ1v) is 4.60. The number of ether oxygens (including phenoxy) is 1. The third-order valence-electron chi connectivity index (χ3n) is 2.05. The number of rotatable bonds is 3. The zero-order chi connectivity index (χ0) is 11.4. The van der Waals surface area contributed by atoms with E-state index in [-0.39, 0.29) is 0 Å². The molecule has 82 valence electrons. The molecule has 0 fully saturated rings. The van der Waals surface area contributed by atoms with Gasteiger partial charge in [0.05, 0.1) is 12.8 Å². The number of hydrogen-bond acceptors (Lipinski definition) is 6. The molecule has 0 radical (unpaired) electrons. The summed E-state index contributed by atoms with van der Waals surface area (Å²) in [6.45, 7) is 0. The fourth-order valence-electron chi connectivity index (χ4n) is 1.24. The first-order chi connectivity index (χ1) is 7.81. The summed E-state index contributed by atoms with van der Waals surface area (Å²) in [5, 5.41) is 9.99. The zero-order valence-corrected chi connectivity index (χ0v) is 8.61. The topological polar surface area (TPSA) is 81.0 Å². The van der Waals surface area contributed by atoms with Crippen LogP contribution in [0.1, 0.15) is 17.4 Å². The maximum atomic E-state index is 9.99. The molecule has 0 spiro atoms. The van der Waals surface area contributed by atoms with Gasteiger partial charge in [-0.3, -0.25) is 0 Å². The van der Waals surface area contributed by atoms with Crippen molar-refractivity contribution in [2.75, 3.05) is 7.11 Å². The molecule has 0 amide bonds. The molecule has 2 aromatic heterocycles. The number of aromatic nitrogens is 4. The maximum Gasteiger partial charge on any atom is 0.216 e. The normalized spacial score (nSPS) is 12.1. The minimum absolute atomic E-state index is 0.404. The van der Waals surface area contributed by atoms with Crippen molar-refractivity contribution in [3.8, 4) is 5.88 Å². The van der Waals surface area contributed by atoms with E-state index in [2.05, 4.69) is 19.9 Å². The maximum absolute atomic E-state index is 9.99. The van der Waals surface area contributed by atoms with Crippen LogP contribution < -0.4 is 4.74 Å². The van der Waals surface area contributed by atoms with Crippen molar-refractivity contribution in [3.05, 3.63) is 42.4 Å². The minimum atomic E-state index is -0.877. The average Bonchev–Trinajstić information content (AvgIpc) is 2.39. The van der Waals surface area contributed by atoms with Crippen LogP contribution in [0.4, 0.5) is 0 Å². The summed E-state index contributed by atoms with van der Waals surface area (Å²) < 4.78 is 4.95. The van der Waals surface area contributed by atoms with Gasteiger partial charge in [-0.25, -0.2) is 19.9 Å².